The molecule has 0 fully saturated rings. The minimum absolute atomic E-state index is 0.303. The summed E-state index contributed by atoms with van der Waals surface area (Å²) in [5.41, 5.74) is 2.96. The Hall–Kier alpha value is -1.61. The second-order valence-electron chi connectivity index (χ2n) is 3.96. The molecule has 0 aliphatic rings. The lowest BCUT2D eigenvalue weighted by atomic mass is 10.0. The molecule has 0 amide bonds. The van der Waals surface area contributed by atoms with Crippen LogP contribution in [0.4, 0.5) is 0 Å². The molecule has 0 spiro atoms. The number of esters is 1. The van der Waals surface area contributed by atoms with Crippen molar-refractivity contribution in [2.45, 2.75) is 6.42 Å². The molecule has 2 aromatic carbocycles. The Bertz CT molecular complexity index is 547. The van der Waals surface area contributed by atoms with Crippen LogP contribution >= 0.6 is 15.9 Å². The lowest BCUT2D eigenvalue weighted by Crippen LogP contribution is -2.01. The first kappa shape index (κ1) is 12.8. The van der Waals surface area contributed by atoms with Gasteiger partial charge in [-0.05, 0) is 35.7 Å². The van der Waals surface area contributed by atoms with Gasteiger partial charge >= 0.3 is 5.97 Å². The second-order valence-corrected chi connectivity index (χ2v) is 4.81. The van der Waals surface area contributed by atoms with Crippen molar-refractivity contribution >= 4 is 21.9 Å². The van der Waals surface area contributed by atoms with E-state index in [0.29, 0.717) is 5.56 Å². The van der Waals surface area contributed by atoms with Gasteiger partial charge in [0, 0.05) is 4.47 Å². The molecule has 0 N–H and O–H groups in total. The van der Waals surface area contributed by atoms with E-state index in [4.69, 9.17) is 0 Å². The van der Waals surface area contributed by atoms with Crippen molar-refractivity contribution in [1.82, 2.24) is 0 Å². The summed E-state index contributed by atoms with van der Waals surface area (Å²) in [7, 11) is 1.39. The molecule has 92 valence electrons. The lowest BCUT2D eigenvalue weighted by Gasteiger charge is -2.05. The average molecular weight is 305 g/mol. The third-order valence-electron chi connectivity index (χ3n) is 2.73. The summed E-state index contributed by atoms with van der Waals surface area (Å²) in [5, 5.41) is 0. The Balaban J connectivity index is 2.16. The largest absolute Gasteiger partial charge is 0.465 e. The first-order valence-electron chi connectivity index (χ1n) is 5.61. The topological polar surface area (TPSA) is 26.3 Å². The molecule has 0 atom stereocenters. The van der Waals surface area contributed by atoms with Gasteiger partial charge in [-0.25, -0.2) is 4.79 Å². The van der Waals surface area contributed by atoms with Gasteiger partial charge in [0.25, 0.3) is 0 Å². The Kier molecular flexibility index (Phi) is 4.15. The monoisotopic (exact) mass is 304 g/mol. The van der Waals surface area contributed by atoms with E-state index in [-0.39, 0.29) is 5.97 Å². The number of methoxy groups -OCH3 is 1. The summed E-state index contributed by atoms with van der Waals surface area (Å²) in [6, 6.07) is 15.6. The van der Waals surface area contributed by atoms with Gasteiger partial charge in [0.15, 0.2) is 0 Å². The Morgan fingerprint density at radius 2 is 1.78 bits per heavy atom. The van der Waals surface area contributed by atoms with E-state index in [1.54, 1.807) is 12.1 Å². The maximum atomic E-state index is 11.3. The van der Waals surface area contributed by atoms with E-state index in [1.165, 1.54) is 12.7 Å². The number of benzene rings is 2. The SMILES string of the molecule is COC(=O)c1ccc(Cc2ccccc2Br)cc1. The minimum atomic E-state index is -0.303. The van der Waals surface area contributed by atoms with Crippen molar-refractivity contribution in [1.29, 1.82) is 0 Å². The lowest BCUT2D eigenvalue weighted by molar-refractivity contribution is 0.0600. The second kappa shape index (κ2) is 5.83. The van der Waals surface area contributed by atoms with Crippen LogP contribution in [0, 0.1) is 0 Å². The van der Waals surface area contributed by atoms with E-state index in [2.05, 4.69) is 26.7 Å². The van der Waals surface area contributed by atoms with E-state index >= 15 is 0 Å². The maximum absolute atomic E-state index is 11.3. The van der Waals surface area contributed by atoms with Crippen LogP contribution in [-0.4, -0.2) is 13.1 Å². The first-order chi connectivity index (χ1) is 8.70. The molecule has 0 unspecified atom stereocenters. The summed E-state index contributed by atoms with van der Waals surface area (Å²) < 4.78 is 5.77. The van der Waals surface area contributed by atoms with Crippen LogP contribution in [0.5, 0.6) is 0 Å². The van der Waals surface area contributed by atoms with Crippen LogP contribution in [0.25, 0.3) is 0 Å². The molecular weight excluding hydrogens is 292 g/mol. The molecule has 0 saturated heterocycles. The summed E-state index contributed by atoms with van der Waals surface area (Å²) in [6.07, 6.45) is 0.836. The summed E-state index contributed by atoms with van der Waals surface area (Å²) in [5.74, 6) is -0.303. The maximum Gasteiger partial charge on any atom is 0.337 e. The van der Waals surface area contributed by atoms with Crippen molar-refractivity contribution in [2.75, 3.05) is 7.11 Å². The zero-order valence-electron chi connectivity index (χ0n) is 10.0. The van der Waals surface area contributed by atoms with Crippen LogP contribution in [-0.2, 0) is 11.2 Å². The molecule has 0 heterocycles. The molecule has 3 heteroatoms. The summed E-state index contributed by atoms with van der Waals surface area (Å²) >= 11 is 3.53. The molecule has 0 aliphatic heterocycles. The van der Waals surface area contributed by atoms with E-state index in [0.717, 1.165) is 16.5 Å². The summed E-state index contributed by atoms with van der Waals surface area (Å²) in [4.78, 5) is 11.3. The molecule has 0 aromatic heterocycles. The van der Waals surface area contributed by atoms with Gasteiger partial charge in [0.05, 0.1) is 12.7 Å². The van der Waals surface area contributed by atoms with Crippen LogP contribution in [0.15, 0.2) is 53.0 Å². The molecule has 2 nitrogen and oxygen atoms in total. The number of carbonyl (C=O) groups is 1. The van der Waals surface area contributed by atoms with E-state index in [1.807, 2.05) is 30.3 Å². The van der Waals surface area contributed by atoms with Crippen LogP contribution < -0.4 is 0 Å². The average Bonchev–Trinajstić information content (AvgIpc) is 2.41. The molecule has 18 heavy (non-hydrogen) atoms. The van der Waals surface area contributed by atoms with Gasteiger partial charge in [0.1, 0.15) is 0 Å². The number of rotatable bonds is 3. The normalized spacial score (nSPS) is 10.1. The predicted molar refractivity (Wildman–Crippen MR) is 74.7 cm³/mol. The Labute approximate surface area is 115 Å². The third-order valence-corrected chi connectivity index (χ3v) is 3.50. The molecule has 0 aliphatic carbocycles. The van der Waals surface area contributed by atoms with Gasteiger partial charge in [-0.1, -0.05) is 46.3 Å². The molecule has 0 bridgehead atoms. The molecule has 0 saturated carbocycles. The highest BCUT2D eigenvalue weighted by Crippen LogP contribution is 2.19. The fourth-order valence-corrected chi connectivity index (χ4v) is 2.16. The first-order valence-corrected chi connectivity index (χ1v) is 6.40. The zero-order valence-corrected chi connectivity index (χ0v) is 11.6. The molecule has 0 radical (unpaired) electrons. The number of halogens is 1. The van der Waals surface area contributed by atoms with Gasteiger partial charge in [0.2, 0.25) is 0 Å². The van der Waals surface area contributed by atoms with Gasteiger partial charge in [-0.2, -0.15) is 0 Å². The highest BCUT2D eigenvalue weighted by molar-refractivity contribution is 9.10. The highest BCUT2D eigenvalue weighted by Gasteiger charge is 2.05. The Morgan fingerprint density at radius 3 is 2.39 bits per heavy atom. The highest BCUT2D eigenvalue weighted by atomic mass is 79.9. The van der Waals surface area contributed by atoms with Crippen LogP contribution in [0.1, 0.15) is 21.5 Å². The minimum Gasteiger partial charge on any atom is -0.465 e. The van der Waals surface area contributed by atoms with Crippen molar-refractivity contribution in [3.63, 3.8) is 0 Å². The van der Waals surface area contributed by atoms with Gasteiger partial charge in [-0.3, -0.25) is 0 Å². The quantitative estimate of drug-likeness (QED) is 0.806. The van der Waals surface area contributed by atoms with E-state index in [9.17, 15) is 4.79 Å². The number of ether oxygens (including phenoxy) is 1. The smallest absolute Gasteiger partial charge is 0.337 e. The fraction of sp³-hybridized carbons (Fsp3) is 0.133. The number of hydrogen-bond donors (Lipinski definition) is 0. The molecule has 2 rings (SSSR count). The zero-order chi connectivity index (χ0) is 13.0. The summed E-state index contributed by atoms with van der Waals surface area (Å²) in [6.45, 7) is 0. The number of carbonyl (C=O) groups excluding carboxylic acids is 1. The number of hydrogen-bond acceptors (Lipinski definition) is 2. The Morgan fingerprint density at radius 1 is 1.11 bits per heavy atom. The van der Waals surface area contributed by atoms with Gasteiger partial charge < -0.3 is 4.74 Å². The standard InChI is InChI=1S/C15H13BrO2/c1-18-15(17)12-8-6-11(7-9-12)10-13-4-2-3-5-14(13)16/h2-9H,10H2,1H3. The van der Waals surface area contributed by atoms with Crippen LogP contribution in [0.2, 0.25) is 0 Å². The van der Waals surface area contributed by atoms with Crippen molar-refractivity contribution in [3.05, 3.63) is 69.7 Å². The van der Waals surface area contributed by atoms with Crippen LogP contribution in [0.3, 0.4) is 0 Å². The molecular formula is C15H13BrO2. The van der Waals surface area contributed by atoms with Crippen molar-refractivity contribution in [3.8, 4) is 0 Å². The predicted octanol–water partition coefficient (Wildman–Crippen LogP) is 3.83. The molecule has 2 aromatic rings. The van der Waals surface area contributed by atoms with Crippen molar-refractivity contribution in [2.24, 2.45) is 0 Å². The fourth-order valence-electron chi connectivity index (χ4n) is 1.74. The van der Waals surface area contributed by atoms with E-state index < -0.39 is 0 Å². The third kappa shape index (κ3) is 2.99. The van der Waals surface area contributed by atoms with Crippen molar-refractivity contribution < 1.29 is 9.53 Å². The van der Waals surface area contributed by atoms with Gasteiger partial charge in [-0.15, -0.1) is 0 Å².